The van der Waals surface area contributed by atoms with Gasteiger partial charge in [0, 0.05) is 18.4 Å². The largest absolute Gasteiger partial charge is 0.487 e. The van der Waals surface area contributed by atoms with Crippen molar-refractivity contribution >= 4 is 16.9 Å². The van der Waals surface area contributed by atoms with Gasteiger partial charge in [0.05, 0.1) is 5.52 Å². The lowest BCUT2D eigenvalue weighted by Gasteiger charge is -2.31. The number of aromatic nitrogens is 1. The van der Waals surface area contributed by atoms with E-state index in [1.165, 1.54) is 13.0 Å². The van der Waals surface area contributed by atoms with Crippen LogP contribution in [0, 0.1) is 0 Å². The lowest BCUT2D eigenvalue weighted by molar-refractivity contribution is -0.153. The zero-order valence-electron chi connectivity index (χ0n) is 16.9. The molecule has 2 aromatic carbocycles. The third kappa shape index (κ3) is 4.82. The maximum absolute atomic E-state index is 11.7. The molecule has 0 aliphatic heterocycles. The molecule has 1 saturated carbocycles. The quantitative estimate of drug-likeness (QED) is 0.615. The van der Waals surface area contributed by atoms with Gasteiger partial charge < -0.3 is 19.2 Å². The average molecular weight is 407 g/mol. The lowest BCUT2D eigenvalue weighted by atomic mass is 9.94. The van der Waals surface area contributed by atoms with Gasteiger partial charge in [0.1, 0.15) is 30.3 Å². The second-order valence-electron chi connectivity index (χ2n) is 7.57. The van der Waals surface area contributed by atoms with E-state index in [-0.39, 0.29) is 23.7 Å². The molecule has 1 heterocycles. The number of H-pyrrole nitrogens is 1. The van der Waals surface area contributed by atoms with Gasteiger partial charge in [-0.15, -0.1) is 0 Å². The number of ether oxygens (including phenoxy) is 3. The van der Waals surface area contributed by atoms with Crippen molar-refractivity contribution < 1.29 is 19.0 Å². The maximum atomic E-state index is 11.7. The Bertz CT molecular complexity index is 1090. The van der Waals surface area contributed by atoms with Crippen LogP contribution in [0.4, 0.5) is 0 Å². The van der Waals surface area contributed by atoms with Gasteiger partial charge in [-0.25, -0.2) is 0 Å². The number of carbonyl (C=O) groups is 1. The number of pyridine rings is 1. The van der Waals surface area contributed by atoms with E-state index >= 15 is 0 Å². The Hall–Kier alpha value is -3.28. The molecule has 1 aliphatic rings. The molecule has 0 radical (unpaired) electrons. The van der Waals surface area contributed by atoms with Gasteiger partial charge in [0.25, 0.3) is 0 Å². The summed E-state index contributed by atoms with van der Waals surface area (Å²) in [5.41, 5.74) is 1.47. The first-order valence-corrected chi connectivity index (χ1v) is 10.3. The Balaban J connectivity index is 1.46. The normalized spacial score (nSPS) is 18.7. The minimum atomic E-state index is -0.272. The third-order valence-corrected chi connectivity index (χ3v) is 5.26. The summed E-state index contributed by atoms with van der Waals surface area (Å²) in [7, 11) is 0. The predicted molar refractivity (Wildman–Crippen MR) is 114 cm³/mol. The zero-order chi connectivity index (χ0) is 20.9. The van der Waals surface area contributed by atoms with E-state index in [0.717, 1.165) is 42.4 Å². The number of hydrogen-bond donors (Lipinski definition) is 1. The minimum Gasteiger partial charge on any atom is -0.487 e. The summed E-state index contributed by atoms with van der Waals surface area (Å²) in [6, 6.07) is 16.7. The fourth-order valence-electron chi connectivity index (χ4n) is 3.86. The summed E-state index contributed by atoms with van der Waals surface area (Å²) in [5, 5.41) is 0.915. The molecule has 2 unspecified atom stereocenters. The Morgan fingerprint density at radius 2 is 1.83 bits per heavy atom. The van der Waals surface area contributed by atoms with Crippen molar-refractivity contribution in [1.82, 2.24) is 4.98 Å². The van der Waals surface area contributed by atoms with Gasteiger partial charge in [0.2, 0.25) is 5.56 Å². The third-order valence-electron chi connectivity index (χ3n) is 5.26. The summed E-state index contributed by atoms with van der Waals surface area (Å²) in [6.45, 7) is 1.77. The highest BCUT2D eigenvalue weighted by Crippen LogP contribution is 2.27. The highest BCUT2D eigenvalue weighted by molar-refractivity contribution is 5.84. The van der Waals surface area contributed by atoms with Crippen LogP contribution in [0.15, 0.2) is 59.4 Å². The number of hydrogen-bond acceptors (Lipinski definition) is 5. The molecule has 4 rings (SSSR count). The van der Waals surface area contributed by atoms with Crippen LogP contribution >= 0.6 is 0 Å². The van der Waals surface area contributed by atoms with Gasteiger partial charge in [-0.2, -0.15) is 0 Å². The van der Waals surface area contributed by atoms with Crippen LogP contribution in [0.1, 0.15) is 38.2 Å². The van der Waals surface area contributed by atoms with Crippen LogP contribution in [0.3, 0.4) is 0 Å². The number of aromatic amines is 1. The summed E-state index contributed by atoms with van der Waals surface area (Å²) in [4.78, 5) is 25.9. The Morgan fingerprint density at radius 1 is 1.03 bits per heavy atom. The number of carbonyl (C=O) groups excluding carboxylic acids is 1. The van der Waals surface area contributed by atoms with E-state index in [0.29, 0.717) is 17.9 Å². The fourth-order valence-corrected chi connectivity index (χ4v) is 3.86. The molecule has 0 saturated heterocycles. The number of fused-ring (bicyclic) bond motifs is 1. The molecular weight excluding hydrogens is 382 g/mol. The monoisotopic (exact) mass is 407 g/mol. The van der Waals surface area contributed by atoms with Crippen molar-refractivity contribution in [1.29, 1.82) is 0 Å². The Morgan fingerprint density at radius 3 is 2.67 bits per heavy atom. The number of benzene rings is 2. The van der Waals surface area contributed by atoms with E-state index in [1.807, 2.05) is 42.5 Å². The van der Waals surface area contributed by atoms with Crippen molar-refractivity contribution in [2.24, 2.45) is 0 Å². The van der Waals surface area contributed by atoms with Crippen LogP contribution in [-0.2, 0) is 16.1 Å². The average Bonchev–Trinajstić information content (AvgIpc) is 2.73. The molecular formula is C24H25NO5. The maximum Gasteiger partial charge on any atom is 0.303 e. The summed E-state index contributed by atoms with van der Waals surface area (Å²) in [6.07, 6.45) is 3.45. The first-order chi connectivity index (χ1) is 14.6. The molecule has 0 spiro atoms. The molecule has 1 aromatic heterocycles. The van der Waals surface area contributed by atoms with Gasteiger partial charge in [0.15, 0.2) is 0 Å². The van der Waals surface area contributed by atoms with Gasteiger partial charge in [-0.05, 0) is 55.5 Å². The fraction of sp³-hybridized carbons (Fsp3) is 0.333. The number of rotatable bonds is 6. The van der Waals surface area contributed by atoms with Crippen molar-refractivity contribution in [3.8, 4) is 11.5 Å². The van der Waals surface area contributed by atoms with E-state index in [2.05, 4.69) is 4.98 Å². The second-order valence-corrected chi connectivity index (χ2v) is 7.57. The second kappa shape index (κ2) is 9.03. The Labute approximate surface area is 174 Å². The van der Waals surface area contributed by atoms with Gasteiger partial charge >= 0.3 is 5.97 Å². The SMILES string of the molecule is CC(=O)OC1CCCCC1Oc1cccc(COc2cccc3ccc(=O)[nH]c23)c1. The predicted octanol–water partition coefficient (Wildman–Crippen LogP) is 4.36. The molecule has 0 bridgehead atoms. The van der Waals surface area contributed by atoms with E-state index in [1.54, 1.807) is 6.07 Å². The Kier molecular flexibility index (Phi) is 6.02. The summed E-state index contributed by atoms with van der Waals surface area (Å²) in [5.74, 6) is 1.08. The minimum absolute atomic E-state index is 0.137. The topological polar surface area (TPSA) is 77.6 Å². The van der Waals surface area contributed by atoms with Gasteiger partial charge in [-0.3, -0.25) is 9.59 Å². The van der Waals surface area contributed by atoms with E-state index in [4.69, 9.17) is 14.2 Å². The first kappa shape index (κ1) is 20.0. The van der Waals surface area contributed by atoms with Crippen molar-refractivity contribution in [3.63, 3.8) is 0 Å². The van der Waals surface area contributed by atoms with Crippen LogP contribution in [0.25, 0.3) is 10.9 Å². The van der Waals surface area contributed by atoms with Crippen molar-refractivity contribution in [3.05, 3.63) is 70.5 Å². The highest BCUT2D eigenvalue weighted by Gasteiger charge is 2.29. The molecule has 1 N–H and O–H groups in total. The molecule has 30 heavy (non-hydrogen) atoms. The lowest BCUT2D eigenvalue weighted by Crippen LogP contribution is -2.38. The molecule has 1 aliphatic carbocycles. The van der Waals surface area contributed by atoms with E-state index in [9.17, 15) is 9.59 Å². The number of nitrogens with one attached hydrogen (secondary N) is 1. The smallest absolute Gasteiger partial charge is 0.303 e. The molecule has 3 aromatic rings. The summed E-state index contributed by atoms with van der Waals surface area (Å²) < 4.78 is 17.6. The molecule has 6 nitrogen and oxygen atoms in total. The summed E-state index contributed by atoms with van der Waals surface area (Å²) >= 11 is 0. The first-order valence-electron chi connectivity index (χ1n) is 10.3. The van der Waals surface area contributed by atoms with Crippen LogP contribution in [0.2, 0.25) is 0 Å². The molecule has 6 heteroatoms. The highest BCUT2D eigenvalue weighted by atomic mass is 16.6. The zero-order valence-corrected chi connectivity index (χ0v) is 16.9. The molecule has 1 fully saturated rings. The molecule has 156 valence electrons. The number of esters is 1. The standard InChI is InChI=1S/C24H25NO5/c1-16(26)29-20-9-2-3-10-21(20)30-19-8-4-6-17(14-19)15-28-22-11-5-7-18-12-13-23(27)25-24(18)22/h4-8,11-14,20-21H,2-3,9-10,15H2,1H3,(H,25,27). The van der Waals surface area contributed by atoms with Crippen molar-refractivity contribution in [2.45, 2.75) is 51.4 Å². The number of para-hydroxylation sites is 1. The van der Waals surface area contributed by atoms with Crippen molar-refractivity contribution in [2.75, 3.05) is 0 Å². The van der Waals surface area contributed by atoms with Crippen LogP contribution < -0.4 is 15.0 Å². The van der Waals surface area contributed by atoms with Gasteiger partial charge in [-0.1, -0.05) is 24.3 Å². The molecule has 2 atom stereocenters. The molecule has 0 amide bonds. The van der Waals surface area contributed by atoms with Crippen LogP contribution in [0.5, 0.6) is 11.5 Å². The van der Waals surface area contributed by atoms with Crippen LogP contribution in [-0.4, -0.2) is 23.2 Å². The van der Waals surface area contributed by atoms with E-state index < -0.39 is 0 Å².